The minimum absolute atomic E-state index is 0.380. The number of hydrazine groups is 3. The highest BCUT2D eigenvalue weighted by Gasteiger charge is 2.10. The van der Waals surface area contributed by atoms with E-state index < -0.39 is 0 Å². The Balaban J connectivity index is 2.73. The summed E-state index contributed by atoms with van der Waals surface area (Å²) in [5, 5.41) is 0. The van der Waals surface area contributed by atoms with Crippen LogP contribution < -0.4 is 32.6 Å². The molecule has 0 radical (unpaired) electrons. The Morgan fingerprint density at radius 2 is 1.19 bits per heavy atom. The second-order valence-electron chi connectivity index (χ2n) is 6.36. The third-order valence-electron chi connectivity index (χ3n) is 4.18. The van der Waals surface area contributed by atoms with Crippen LogP contribution in [0, 0.1) is 0 Å². The van der Waals surface area contributed by atoms with Crippen molar-refractivity contribution >= 4 is 17.8 Å². The van der Waals surface area contributed by atoms with Crippen LogP contribution >= 0.6 is 0 Å². The summed E-state index contributed by atoms with van der Waals surface area (Å²) in [6.45, 7) is 8.72. The molecule has 1 heterocycles. The van der Waals surface area contributed by atoms with Crippen molar-refractivity contribution in [2.75, 3.05) is 23.3 Å². The van der Waals surface area contributed by atoms with E-state index in [9.17, 15) is 0 Å². The van der Waals surface area contributed by atoms with Gasteiger partial charge in [-0.2, -0.15) is 15.0 Å². The monoisotopic (exact) mass is 367 g/mol. The average molecular weight is 368 g/mol. The van der Waals surface area contributed by atoms with Gasteiger partial charge in [0.25, 0.3) is 0 Å². The Morgan fingerprint density at radius 3 is 1.62 bits per heavy atom. The van der Waals surface area contributed by atoms with E-state index in [0.29, 0.717) is 29.9 Å². The van der Waals surface area contributed by atoms with Crippen LogP contribution in [0.4, 0.5) is 17.8 Å². The van der Waals surface area contributed by atoms with E-state index in [0.717, 1.165) is 32.1 Å². The van der Waals surface area contributed by atoms with Crippen molar-refractivity contribution in [3.05, 3.63) is 0 Å². The molecule has 150 valence electrons. The summed E-state index contributed by atoms with van der Waals surface area (Å²) in [6, 6.07) is 0.765. The van der Waals surface area contributed by atoms with Gasteiger partial charge in [0.15, 0.2) is 0 Å². The van der Waals surface area contributed by atoms with Crippen molar-refractivity contribution in [3.8, 4) is 0 Å². The quantitative estimate of drug-likeness (QED) is 0.261. The van der Waals surface area contributed by atoms with Gasteiger partial charge in [-0.05, 0) is 25.7 Å². The molecule has 9 heteroatoms. The Kier molecular flexibility index (Phi) is 11.6. The predicted molar refractivity (Wildman–Crippen MR) is 109 cm³/mol. The van der Waals surface area contributed by atoms with Crippen molar-refractivity contribution < 1.29 is 0 Å². The molecular formula is C17H37N9. The minimum atomic E-state index is 0.380. The van der Waals surface area contributed by atoms with Gasteiger partial charge in [-0.25, -0.2) is 16.3 Å². The molecule has 1 rings (SSSR count). The summed E-state index contributed by atoms with van der Waals surface area (Å²) < 4.78 is 0. The second-order valence-corrected chi connectivity index (χ2v) is 6.36. The molecule has 2 unspecified atom stereocenters. The minimum Gasteiger partial charge on any atom is -0.290 e. The lowest BCUT2D eigenvalue weighted by molar-refractivity contribution is 0.483. The maximum atomic E-state index is 4.43. The number of nitrogens with zero attached hydrogens (tertiary/aromatic N) is 3. The fourth-order valence-electron chi connectivity index (χ4n) is 2.54. The van der Waals surface area contributed by atoms with Gasteiger partial charge in [-0.3, -0.25) is 16.3 Å². The fourth-order valence-corrected chi connectivity index (χ4v) is 2.54. The molecule has 26 heavy (non-hydrogen) atoms. The summed E-state index contributed by atoms with van der Waals surface area (Å²) in [7, 11) is 1.77. The van der Waals surface area contributed by atoms with Gasteiger partial charge < -0.3 is 0 Å². The van der Waals surface area contributed by atoms with Gasteiger partial charge in [0, 0.05) is 19.1 Å². The van der Waals surface area contributed by atoms with Crippen LogP contribution in [-0.2, 0) is 0 Å². The van der Waals surface area contributed by atoms with E-state index in [1.165, 1.54) is 12.8 Å². The van der Waals surface area contributed by atoms with E-state index >= 15 is 0 Å². The van der Waals surface area contributed by atoms with E-state index in [1.807, 2.05) is 0 Å². The van der Waals surface area contributed by atoms with E-state index in [2.05, 4.69) is 75.2 Å². The number of hydrogen-bond donors (Lipinski definition) is 6. The van der Waals surface area contributed by atoms with Gasteiger partial charge in [-0.1, -0.05) is 47.0 Å². The first-order valence-corrected chi connectivity index (χ1v) is 9.88. The van der Waals surface area contributed by atoms with Crippen LogP contribution in [0.2, 0.25) is 0 Å². The fraction of sp³-hybridized carbons (Fsp3) is 0.824. The van der Waals surface area contributed by atoms with Gasteiger partial charge >= 0.3 is 0 Å². The van der Waals surface area contributed by atoms with Crippen molar-refractivity contribution in [1.82, 2.24) is 31.2 Å². The third-order valence-corrected chi connectivity index (χ3v) is 4.18. The van der Waals surface area contributed by atoms with Gasteiger partial charge in [0.1, 0.15) is 0 Å². The molecule has 0 saturated carbocycles. The highest BCUT2D eigenvalue weighted by atomic mass is 15.5. The Morgan fingerprint density at radius 1 is 0.692 bits per heavy atom. The number of aromatic nitrogens is 3. The molecule has 1 aromatic rings. The normalized spacial score (nSPS) is 13.3. The lowest BCUT2D eigenvalue weighted by Crippen LogP contribution is -2.36. The first-order chi connectivity index (χ1) is 12.7. The molecule has 1 aromatic heterocycles. The molecule has 6 N–H and O–H groups in total. The molecule has 0 saturated heterocycles. The molecule has 0 fully saturated rings. The zero-order valence-corrected chi connectivity index (χ0v) is 16.9. The highest BCUT2D eigenvalue weighted by Crippen LogP contribution is 2.10. The number of hydrogen-bond acceptors (Lipinski definition) is 9. The zero-order chi connectivity index (χ0) is 19.2. The predicted octanol–water partition coefficient (Wildman–Crippen LogP) is 2.80. The van der Waals surface area contributed by atoms with E-state index in [1.54, 1.807) is 7.05 Å². The van der Waals surface area contributed by atoms with Crippen LogP contribution in [0.3, 0.4) is 0 Å². The first-order valence-electron chi connectivity index (χ1n) is 9.88. The molecule has 9 nitrogen and oxygen atoms in total. The van der Waals surface area contributed by atoms with Crippen molar-refractivity contribution in [3.63, 3.8) is 0 Å². The maximum Gasteiger partial charge on any atom is 0.244 e. The molecule has 2 atom stereocenters. The summed E-state index contributed by atoms with van der Waals surface area (Å²) in [6.07, 6.45) is 7.81. The number of unbranched alkanes of at least 4 members (excludes halogenated alkanes) is 1. The first kappa shape index (κ1) is 22.3. The highest BCUT2D eigenvalue weighted by molar-refractivity contribution is 5.40. The summed E-state index contributed by atoms with van der Waals surface area (Å²) in [5.74, 6) is 1.39. The lowest BCUT2D eigenvalue weighted by Gasteiger charge is -2.19. The zero-order valence-electron chi connectivity index (χ0n) is 16.9. The topological polar surface area (TPSA) is 111 Å². The molecule has 0 amide bonds. The Labute approximate surface area is 157 Å². The summed E-state index contributed by atoms with van der Waals surface area (Å²) in [4.78, 5) is 13.1. The second kappa shape index (κ2) is 13.5. The number of nitrogens with one attached hydrogen (secondary N) is 6. The van der Waals surface area contributed by atoms with Gasteiger partial charge in [0.2, 0.25) is 17.8 Å². The van der Waals surface area contributed by atoms with Crippen LogP contribution in [0.25, 0.3) is 0 Å². The van der Waals surface area contributed by atoms with E-state index in [4.69, 9.17) is 0 Å². The molecule has 0 spiro atoms. The Bertz CT molecular complexity index is 483. The van der Waals surface area contributed by atoms with Crippen LogP contribution in [-0.4, -0.2) is 34.1 Å². The van der Waals surface area contributed by atoms with Gasteiger partial charge in [0.05, 0.1) is 0 Å². The van der Waals surface area contributed by atoms with Crippen LogP contribution in [0.15, 0.2) is 0 Å². The molecule has 0 aliphatic heterocycles. The molecule has 0 aromatic carbocycles. The van der Waals surface area contributed by atoms with Crippen LogP contribution in [0.1, 0.15) is 72.6 Å². The van der Waals surface area contributed by atoms with Crippen molar-refractivity contribution in [2.45, 2.75) is 84.7 Å². The largest absolute Gasteiger partial charge is 0.290 e. The summed E-state index contributed by atoms with van der Waals surface area (Å²) in [5.41, 5.74) is 18.6. The molecule has 0 aliphatic rings. The maximum absolute atomic E-state index is 4.43. The average Bonchev–Trinajstić information content (AvgIpc) is 2.65. The van der Waals surface area contributed by atoms with Crippen molar-refractivity contribution in [1.29, 1.82) is 0 Å². The molecule has 0 bridgehead atoms. The lowest BCUT2D eigenvalue weighted by atomic mass is 10.1. The number of rotatable bonds is 15. The standard InChI is InChI=1S/C17H37N9/c1-6-10-12-14(9-4)23-26-17-20-15(24-18-5)19-16(21-17)25-22-13(8-3)11-7-2/h13-14,18,22-23H,6-12H2,1-5H3,(H3,19,20,21,24,25,26). The van der Waals surface area contributed by atoms with E-state index in [-0.39, 0.29) is 0 Å². The number of anilines is 3. The van der Waals surface area contributed by atoms with Crippen molar-refractivity contribution in [2.24, 2.45) is 0 Å². The SMILES string of the molecule is CCCCC(CC)NNc1nc(NNC)nc(NNC(CC)CCC)n1. The Hall–Kier alpha value is -1.71. The van der Waals surface area contributed by atoms with Crippen LogP contribution in [0.5, 0.6) is 0 Å². The molecular weight excluding hydrogens is 330 g/mol. The molecule has 0 aliphatic carbocycles. The smallest absolute Gasteiger partial charge is 0.244 e. The summed E-state index contributed by atoms with van der Waals surface area (Å²) >= 11 is 0. The van der Waals surface area contributed by atoms with Gasteiger partial charge in [-0.15, -0.1) is 0 Å². The third kappa shape index (κ3) is 8.59.